The van der Waals surface area contributed by atoms with E-state index in [0.717, 1.165) is 21.0 Å². The second-order valence-electron chi connectivity index (χ2n) is 6.97. The predicted octanol–water partition coefficient (Wildman–Crippen LogP) is 4.15. The van der Waals surface area contributed by atoms with Gasteiger partial charge in [0.05, 0.1) is 17.5 Å². The number of likely N-dealkylation sites (N-methyl/N-ethyl adjacent to an activating group) is 1. The van der Waals surface area contributed by atoms with Crippen LogP contribution in [0.3, 0.4) is 0 Å². The molecule has 0 aliphatic carbocycles. The van der Waals surface area contributed by atoms with Gasteiger partial charge in [0.2, 0.25) is 15.9 Å². The van der Waals surface area contributed by atoms with Crippen molar-refractivity contribution >= 4 is 27.5 Å². The van der Waals surface area contributed by atoms with Crippen molar-refractivity contribution in [3.63, 3.8) is 0 Å². The Labute approximate surface area is 172 Å². The van der Waals surface area contributed by atoms with Crippen LogP contribution in [-0.4, -0.2) is 31.7 Å². The van der Waals surface area contributed by atoms with E-state index in [1.54, 1.807) is 6.92 Å². The first-order valence-corrected chi connectivity index (χ1v) is 11.0. The molecule has 2 aromatic rings. The zero-order valence-electron chi connectivity index (χ0n) is 16.9. The minimum Gasteiger partial charge on any atom is -0.348 e. The molecule has 2 aromatic carbocycles. The van der Waals surface area contributed by atoms with E-state index in [0.29, 0.717) is 5.02 Å². The maximum Gasteiger partial charge on any atom is 0.243 e. The number of halogens is 1. The normalized spacial score (nSPS) is 12.8. The van der Waals surface area contributed by atoms with Gasteiger partial charge in [-0.25, -0.2) is 8.42 Å². The largest absolute Gasteiger partial charge is 0.348 e. The molecule has 0 saturated heterocycles. The first-order chi connectivity index (χ1) is 13.1. The number of carbonyl (C=O) groups excluding carboxylic acids is 1. The van der Waals surface area contributed by atoms with E-state index in [4.69, 9.17) is 11.6 Å². The zero-order valence-corrected chi connectivity index (χ0v) is 18.5. The SMILES string of the molecule is CCN(CC(=O)NC(C)c1cc(C)c(C)cc1C)S(=O)(=O)c1ccc(Cl)cc1. The summed E-state index contributed by atoms with van der Waals surface area (Å²) in [5.74, 6) is -0.343. The number of nitrogens with one attached hydrogen (secondary N) is 1. The van der Waals surface area contributed by atoms with Gasteiger partial charge < -0.3 is 5.32 Å². The van der Waals surface area contributed by atoms with Crippen LogP contribution in [0.5, 0.6) is 0 Å². The molecule has 28 heavy (non-hydrogen) atoms. The standard InChI is InChI=1S/C21H27ClN2O3S/c1-6-24(28(26,27)19-9-7-18(22)8-10-19)13-21(25)23-17(5)20-12-15(3)14(2)11-16(20)4/h7-12,17H,6,13H2,1-5H3,(H,23,25). The summed E-state index contributed by atoms with van der Waals surface area (Å²) in [6.07, 6.45) is 0. The number of nitrogens with zero attached hydrogens (tertiary/aromatic N) is 1. The second kappa shape index (κ2) is 9.07. The maximum absolute atomic E-state index is 12.8. The number of hydrogen-bond acceptors (Lipinski definition) is 3. The van der Waals surface area contributed by atoms with Gasteiger partial charge in [0, 0.05) is 11.6 Å². The molecule has 0 heterocycles. The summed E-state index contributed by atoms with van der Waals surface area (Å²) in [4.78, 5) is 12.7. The third kappa shape index (κ3) is 5.13. The molecule has 0 radical (unpaired) electrons. The average Bonchev–Trinajstić information content (AvgIpc) is 2.62. The maximum atomic E-state index is 12.8. The van der Waals surface area contributed by atoms with Gasteiger partial charge in [0.15, 0.2) is 0 Å². The summed E-state index contributed by atoms with van der Waals surface area (Å²) >= 11 is 5.84. The van der Waals surface area contributed by atoms with Crippen LogP contribution in [0.1, 0.15) is 42.1 Å². The molecule has 1 N–H and O–H groups in total. The topological polar surface area (TPSA) is 66.5 Å². The molecule has 0 aliphatic rings. The summed E-state index contributed by atoms with van der Waals surface area (Å²) in [6.45, 7) is 9.65. The van der Waals surface area contributed by atoms with Gasteiger partial charge in [-0.15, -0.1) is 0 Å². The molecule has 7 heteroatoms. The third-order valence-electron chi connectivity index (χ3n) is 4.85. The Kier molecular flexibility index (Phi) is 7.26. The first kappa shape index (κ1) is 22.4. The van der Waals surface area contributed by atoms with Crippen LogP contribution >= 0.6 is 11.6 Å². The van der Waals surface area contributed by atoms with Crippen LogP contribution in [0.2, 0.25) is 5.02 Å². The lowest BCUT2D eigenvalue weighted by Crippen LogP contribution is -2.41. The van der Waals surface area contributed by atoms with Crippen LogP contribution in [-0.2, 0) is 14.8 Å². The van der Waals surface area contributed by atoms with Gasteiger partial charge >= 0.3 is 0 Å². The molecule has 1 amide bonds. The predicted molar refractivity (Wildman–Crippen MR) is 113 cm³/mol. The van der Waals surface area contributed by atoms with E-state index in [9.17, 15) is 13.2 Å². The van der Waals surface area contributed by atoms with Crippen molar-refractivity contribution < 1.29 is 13.2 Å². The molecule has 0 aliphatic heterocycles. The molecule has 1 atom stereocenters. The fourth-order valence-corrected chi connectivity index (χ4v) is 4.63. The van der Waals surface area contributed by atoms with Crippen molar-refractivity contribution in [3.8, 4) is 0 Å². The minimum atomic E-state index is -3.77. The van der Waals surface area contributed by atoms with Crippen molar-refractivity contribution in [2.75, 3.05) is 13.1 Å². The highest BCUT2D eigenvalue weighted by molar-refractivity contribution is 7.89. The monoisotopic (exact) mass is 422 g/mol. The summed E-state index contributed by atoms with van der Waals surface area (Å²) in [5, 5.41) is 3.37. The molecule has 5 nitrogen and oxygen atoms in total. The summed E-state index contributed by atoms with van der Waals surface area (Å²) in [5.41, 5.74) is 4.48. The summed E-state index contributed by atoms with van der Waals surface area (Å²) < 4.78 is 26.8. The minimum absolute atomic E-state index is 0.115. The lowest BCUT2D eigenvalue weighted by atomic mass is 9.96. The Balaban J connectivity index is 2.14. The van der Waals surface area contributed by atoms with Gasteiger partial charge in [-0.1, -0.05) is 30.7 Å². The number of carbonyl (C=O) groups is 1. The number of aryl methyl sites for hydroxylation is 3. The smallest absolute Gasteiger partial charge is 0.243 e. The van der Waals surface area contributed by atoms with Crippen molar-refractivity contribution in [1.29, 1.82) is 0 Å². The van der Waals surface area contributed by atoms with E-state index in [-0.39, 0.29) is 29.9 Å². The fourth-order valence-electron chi connectivity index (χ4n) is 3.10. The van der Waals surface area contributed by atoms with Crippen LogP contribution in [0.4, 0.5) is 0 Å². The van der Waals surface area contributed by atoms with Gasteiger partial charge in [0.1, 0.15) is 0 Å². The van der Waals surface area contributed by atoms with Crippen molar-refractivity contribution in [2.24, 2.45) is 0 Å². The Morgan fingerprint density at radius 3 is 2.21 bits per heavy atom. The van der Waals surface area contributed by atoms with Crippen LogP contribution in [0.25, 0.3) is 0 Å². The van der Waals surface area contributed by atoms with Crippen LogP contribution in [0, 0.1) is 20.8 Å². The lowest BCUT2D eigenvalue weighted by molar-refractivity contribution is -0.121. The van der Waals surface area contributed by atoms with Crippen molar-refractivity contribution in [1.82, 2.24) is 9.62 Å². The molecule has 0 bridgehead atoms. The van der Waals surface area contributed by atoms with E-state index in [1.807, 2.05) is 20.8 Å². The molecular weight excluding hydrogens is 396 g/mol. The molecule has 0 saturated carbocycles. The number of rotatable bonds is 7. The van der Waals surface area contributed by atoms with Gasteiger partial charge in [0.25, 0.3) is 0 Å². The molecule has 0 fully saturated rings. The molecule has 1 unspecified atom stereocenters. The first-order valence-electron chi connectivity index (χ1n) is 9.19. The highest BCUT2D eigenvalue weighted by Crippen LogP contribution is 2.22. The number of sulfonamides is 1. The van der Waals surface area contributed by atoms with Gasteiger partial charge in [-0.3, -0.25) is 4.79 Å². The Hall–Kier alpha value is -1.89. The van der Waals surface area contributed by atoms with E-state index in [2.05, 4.69) is 24.4 Å². The highest BCUT2D eigenvalue weighted by Gasteiger charge is 2.26. The Bertz CT molecular complexity index is 956. The molecule has 2 rings (SSSR count). The summed E-state index contributed by atoms with van der Waals surface area (Å²) in [7, 11) is -3.77. The number of hydrogen-bond donors (Lipinski definition) is 1. The third-order valence-corrected chi connectivity index (χ3v) is 7.04. The van der Waals surface area contributed by atoms with Crippen LogP contribution < -0.4 is 5.32 Å². The van der Waals surface area contributed by atoms with E-state index >= 15 is 0 Å². The molecular formula is C21H27ClN2O3S. The van der Waals surface area contributed by atoms with Gasteiger partial charge in [-0.2, -0.15) is 4.31 Å². The average molecular weight is 423 g/mol. The highest BCUT2D eigenvalue weighted by atomic mass is 35.5. The number of amides is 1. The van der Waals surface area contributed by atoms with Crippen molar-refractivity contribution in [2.45, 2.75) is 45.6 Å². The second-order valence-corrected chi connectivity index (χ2v) is 9.34. The zero-order chi connectivity index (χ0) is 21.1. The number of benzene rings is 2. The Morgan fingerprint density at radius 2 is 1.64 bits per heavy atom. The fraction of sp³-hybridized carbons (Fsp3) is 0.381. The lowest BCUT2D eigenvalue weighted by Gasteiger charge is -2.23. The van der Waals surface area contributed by atoms with Crippen LogP contribution in [0.15, 0.2) is 41.3 Å². The molecule has 0 aromatic heterocycles. The van der Waals surface area contributed by atoms with Crippen molar-refractivity contribution in [3.05, 3.63) is 63.7 Å². The van der Waals surface area contributed by atoms with E-state index < -0.39 is 10.0 Å². The molecule has 152 valence electrons. The Morgan fingerprint density at radius 1 is 1.07 bits per heavy atom. The van der Waals surface area contributed by atoms with Gasteiger partial charge in [-0.05, 0) is 74.2 Å². The summed E-state index contributed by atoms with van der Waals surface area (Å²) in [6, 6.07) is 9.87. The quantitative estimate of drug-likeness (QED) is 0.728. The van der Waals surface area contributed by atoms with E-state index in [1.165, 1.54) is 29.8 Å². The molecule has 0 spiro atoms.